The zero-order chi connectivity index (χ0) is 17.3. The van der Waals surface area contributed by atoms with Gasteiger partial charge >= 0.3 is 5.97 Å². The second-order valence-corrected chi connectivity index (χ2v) is 9.50. The lowest BCUT2D eigenvalue weighted by Crippen LogP contribution is -2.37. The van der Waals surface area contributed by atoms with Gasteiger partial charge in [0.15, 0.2) is 0 Å². The molecule has 0 amide bonds. The van der Waals surface area contributed by atoms with Gasteiger partial charge in [0.05, 0.1) is 15.7 Å². The fourth-order valence-electron chi connectivity index (χ4n) is 4.01. The smallest absolute Gasteiger partial charge is 0.338 e. The van der Waals surface area contributed by atoms with Gasteiger partial charge in [0.2, 0.25) is 0 Å². The second-order valence-electron chi connectivity index (χ2n) is 6.34. The predicted octanol–water partition coefficient (Wildman–Crippen LogP) is 0.253. The van der Waals surface area contributed by atoms with Crippen LogP contribution in [0.15, 0.2) is 29.2 Å². The molecule has 5 unspecified atom stereocenters. The monoisotopic (exact) mass is 373 g/mol. The number of hydrogen-bond acceptors (Lipinski definition) is 8. The molecule has 1 saturated heterocycles. The van der Waals surface area contributed by atoms with Crippen molar-refractivity contribution in [2.24, 2.45) is 11.8 Å². The van der Waals surface area contributed by atoms with Crippen LogP contribution in [0.25, 0.3) is 0 Å². The van der Waals surface area contributed by atoms with Gasteiger partial charge in [-0.2, -0.15) is 8.42 Å². The number of fused-ring (bicyclic) bond motifs is 1. The summed E-state index contributed by atoms with van der Waals surface area (Å²) in [7, 11) is -8.28. The highest BCUT2D eigenvalue weighted by molar-refractivity contribution is 7.87. The average Bonchev–Trinajstić information content (AvgIpc) is 3.10. The van der Waals surface area contributed by atoms with Gasteiger partial charge in [-0.1, -0.05) is 6.07 Å². The molecule has 0 aromatic heterocycles. The van der Waals surface area contributed by atoms with Gasteiger partial charge < -0.3 is 9.29 Å². The van der Waals surface area contributed by atoms with E-state index in [1.165, 1.54) is 12.1 Å². The lowest BCUT2D eigenvalue weighted by atomic mass is 9.94. The number of carbonyl (C=O) groups excluding carboxylic acids is 1. The van der Waals surface area contributed by atoms with Crippen LogP contribution in [-0.4, -0.2) is 44.8 Å². The molecule has 24 heavy (non-hydrogen) atoms. The first-order chi connectivity index (χ1) is 11.2. The number of rotatable bonds is 3. The van der Waals surface area contributed by atoms with Gasteiger partial charge in [-0.15, -0.1) is 0 Å². The van der Waals surface area contributed by atoms with Crippen LogP contribution in [0, 0.1) is 11.8 Å². The normalized spacial score (nSPS) is 36.0. The van der Waals surface area contributed by atoms with E-state index in [2.05, 4.69) is 0 Å². The summed E-state index contributed by atoms with van der Waals surface area (Å²) >= 11 is 0. The van der Waals surface area contributed by atoms with Gasteiger partial charge in [-0.3, -0.25) is 4.18 Å². The third kappa shape index (κ3) is 2.36. The zero-order valence-corrected chi connectivity index (χ0v) is 13.8. The molecule has 0 spiro atoms. The van der Waals surface area contributed by atoms with Crippen LogP contribution in [0.1, 0.15) is 23.2 Å². The molecule has 0 radical (unpaired) electrons. The van der Waals surface area contributed by atoms with Gasteiger partial charge in [0.1, 0.15) is 22.3 Å². The fourth-order valence-corrected chi connectivity index (χ4v) is 6.41. The molecule has 4 rings (SSSR count). The number of hydrogen-bond donors (Lipinski definition) is 0. The minimum atomic E-state index is -4.68. The molecule has 5 atom stereocenters. The molecule has 1 heterocycles. The van der Waals surface area contributed by atoms with Crippen LogP contribution in [0.5, 0.6) is 0 Å². The van der Waals surface area contributed by atoms with E-state index < -0.39 is 48.6 Å². The molecule has 0 N–H and O–H groups in total. The van der Waals surface area contributed by atoms with Crippen molar-refractivity contribution in [1.82, 2.24) is 0 Å². The standard InChI is InChI=1S/C14H14O8S2/c15-14(7-2-1-3-9(4-7)23(16,17)18)21-12-8-5-10-11(6-8)24(19,20)22-13(10)12/h1-4,8,10-13H,5-6H2,(H,16,17,18)/p-1. The summed E-state index contributed by atoms with van der Waals surface area (Å²) < 4.78 is 67.4. The van der Waals surface area contributed by atoms with Gasteiger partial charge in [-0.25, -0.2) is 13.2 Å². The molecule has 2 saturated carbocycles. The summed E-state index contributed by atoms with van der Waals surface area (Å²) in [5.41, 5.74) is -0.0768. The molecular formula is C14H13O8S2-. The van der Waals surface area contributed by atoms with E-state index in [4.69, 9.17) is 8.92 Å². The molecule has 2 aliphatic carbocycles. The minimum absolute atomic E-state index is 0.0768. The summed E-state index contributed by atoms with van der Waals surface area (Å²) in [5.74, 6) is -1.05. The van der Waals surface area contributed by atoms with Crippen LogP contribution in [0.2, 0.25) is 0 Å². The maximum atomic E-state index is 12.3. The number of esters is 1. The Balaban J connectivity index is 1.56. The Kier molecular flexibility index (Phi) is 3.34. The van der Waals surface area contributed by atoms with E-state index in [0.717, 1.165) is 12.1 Å². The SMILES string of the molecule is O=C(OC1C2CC3C1OS(=O)(=O)C3C2)c1cccc(S(=O)(=O)[O-])c1. The summed E-state index contributed by atoms with van der Waals surface area (Å²) in [4.78, 5) is 11.7. The highest BCUT2D eigenvalue weighted by Crippen LogP contribution is 2.55. The molecule has 10 heteroatoms. The van der Waals surface area contributed by atoms with Crippen LogP contribution in [0.3, 0.4) is 0 Å². The lowest BCUT2D eigenvalue weighted by molar-refractivity contribution is -0.0176. The number of ether oxygens (including phenoxy) is 1. The maximum Gasteiger partial charge on any atom is 0.338 e. The molecule has 3 fully saturated rings. The first kappa shape index (κ1) is 16.0. The highest BCUT2D eigenvalue weighted by atomic mass is 32.2. The van der Waals surface area contributed by atoms with Crippen molar-refractivity contribution in [3.63, 3.8) is 0 Å². The first-order valence-corrected chi connectivity index (χ1v) is 10.2. The summed E-state index contributed by atoms with van der Waals surface area (Å²) in [6, 6.07) is 4.65. The Hall–Kier alpha value is -1.49. The van der Waals surface area contributed by atoms with E-state index in [0.29, 0.717) is 12.8 Å². The third-order valence-corrected chi connectivity index (χ3v) is 7.62. The molecule has 1 aliphatic heterocycles. The van der Waals surface area contributed by atoms with Gasteiger partial charge in [-0.05, 0) is 31.0 Å². The zero-order valence-electron chi connectivity index (χ0n) is 12.2. The van der Waals surface area contributed by atoms with Crippen LogP contribution in [0.4, 0.5) is 0 Å². The fraction of sp³-hybridized carbons (Fsp3) is 0.500. The Morgan fingerprint density at radius 2 is 2.04 bits per heavy atom. The molecule has 1 aromatic carbocycles. The quantitative estimate of drug-likeness (QED) is 0.419. The maximum absolute atomic E-state index is 12.3. The molecule has 3 aliphatic rings. The number of benzene rings is 1. The number of carbonyl (C=O) groups is 1. The van der Waals surface area contributed by atoms with Crippen molar-refractivity contribution in [3.8, 4) is 0 Å². The Labute approximate surface area is 138 Å². The van der Waals surface area contributed by atoms with E-state index in [1.54, 1.807) is 0 Å². The highest BCUT2D eigenvalue weighted by Gasteiger charge is 2.65. The van der Waals surface area contributed by atoms with Crippen LogP contribution in [-0.2, 0) is 29.2 Å². The van der Waals surface area contributed by atoms with Crippen molar-refractivity contribution in [2.45, 2.75) is 35.2 Å². The van der Waals surface area contributed by atoms with Crippen LogP contribution < -0.4 is 0 Å². The summed E-state index contributed by atoms with van der Waals surface area (Å²) in [6.45, 7) is 0. The van der Waals surface area contributed by atoms with E-state index in [-0.39, 0.29) is 17.4 Å². The van der Waals surface area contributed by atoms with Crippen molar-refractivity contribution in [2.75, 3.05) is 0 Å². The second kappa shape index (κ2) is 5.01. The molecule has 1 aromatic rings. The Morgan fingerprint density at radius 3 is 2.75 bits per heavy atom. The van der Waals surface area contributed by atoms with Crippen molar-refractivity contribution in [3.05, 3.63) is 29.8 Å². The van der Waals surface area contributed by atoms with Crippen molar-refractivity contribution >= 4 is 26.2 Å². The third-order valence-electron chi connectivity index (χ3n) is 5.02. The Morgan fingerprint density at radius 1 is 1.29 bits per heavy atom. The lowest BCUT2D eigenvalue weighted by Gasteiger charge is -2.25. The molecule has 2 bridgehead atoms. The van der Waals surface area contributed by atoms with E-state index in [1.807, 2.05) is 0 Å². The Bertz CT molecular complexity index is 920. The van der Waals surface area contributed by atoms with Gasteiger partial charge in [0, 0.05) is 11.8 Å². The topological polar surface area (TPSA) is 127 Å². The predicted molar refractivity (Wildman–Crippen MR) is 77.4 cm³/mol. The van der Waals surface area contributed by atoms with Crippen molar-refractivity contribution in [1.29, 1.82) is 0 Å². The average molecular weight is 373 g/mol. The summed E-state index contributed by atoms with van der Waals surface area (Å²) in [5, 5.41) is -0.517. The first-order valence-electron chi connectivity index (χ1n) is 7.36. The molecule has 130 valence electrons. The molecular weight excluding hydrogens is 360 g/mol. The van der Waals surface area contributed by atoms with E-state index in [9.17, 15) is 26.2 Å². The van der Waals surface area contributed by atoms with Gasteiger partial charge in [0.25, 0.3) is 10.1 Å². The largest absolute Gasteiger partial charge is 0.744 e. The van der Waals surface area contributed by atoms with Crippen LogP contribution >= 0.6 is 0 Å². The van der Waals surface area contributed by atoms with E-state index >= 15 is 0 Å². The van der Waals surface area contributed by atoms with Crippen molar-refractivity contribution < 1.29 is 35.1 Å². The minimum Gasteiger partial charge on any atom is -0.744 e. The summed E-state index contributed by atoms with van der Waals surface area (Å²) in [6.07, 6.45) is -0.324. The molecule has 8 nitrogen and oxygen atoms in total.